The summed E-state index contributed by atoms with van der Waals surface area (Å²) in [5.41, 5.74) is 3.54. The van der Waals surface area contributed by atoms with Crippen LogP contribution in [0.2, 0.25) is 10.0 Å². The first-order chi connectivity index (χ1) is 10.0. The molecule has 112 valence electrons. The predicted molar refractivity (Wildman–Crippen MR) is 93.6 cm³/mol. The van der Waals surface area contributed by atoms with Crippen molar-refractivity contribution in [1.29, 1.82) is 0 Å². The van der Waals surface area contributed by atoms with E-state index in [2.05, 4.69) is 50.4 Å². The number of anilines is 1. The number of hydrogen-bond acceptors (Lipinski definition) is 1. The first-order valence-electron chi connectivity index (χ1n) is 7.32. The van der Waals surface area contributed by atoms with Crippen molar-refractivity contribution in [2.45, 2.75) is 39.2 Å². The van der Waals surface area contributed by atoms with Crippen molar-refractivity contribution in [2.24, 2.45) is 0 Å². The zero-order valence-electron chi connectivity index (χ0n) is 12.7. The molecule has 2 aromatic carbocycles. The number of nitrogens with one attached hydrogen (secondary N) is 1. The lowest BCUT2D eigenvalue weighted by atomic mass is 10.0. The summed E-state index contributed by atoms with van der Waals surface area (Å²) in [6.07, 6.45) is 0.952. The molecular formula is C18H21Cl2N. The minimum absolute atomic E-state index is 0.178. The van der Waals surface area contributed by atoms with Gasteiger partial charge in [0.05, 0.1) is 6.04 Å². The van der Waals surface area contributed by atoms with E-state index in [0.717, 1.165) is 17.7 Å². The second-order valence-electron chi connectivity index (χ2n) is 5.55. The van der Waals surface area contributed by atoms with E-state index in [1.807, 2.05) is 12.1 Å². The summed E-state index contributed by atoms with van der Waals surface area (Å²) in [6, 6.07) is 14.4. The minimum atomic E-state index is 0.178. The molecule has 1 unspecified atom stereocenters. The van der Waals surface area contributed by atoms with Gasteiger partial charge in [-0.15, -0.1) is 0 Å². The van der Waals surface area contributed by atoms with Crippen LogP contribution in [0.25, 0.3) is 0 Å². The zero-order chi connectivity index (χ0) is 15.4. The highest BCUT2D eigenvalue weighted by Gasteiger charge is 2.13. The molecule has 2 rings (SSSR count). The third-order valence-corrected chi connectivity index (χ3v) is 4.20. The maximum Gasteiger partial charge on any atom is 0.0525 e. The van der Waals surface area contributed by atoms with Gasteiger partial charge in [0, 0.05) is 15.7 Å². The molecule has 1 N–H and O–H groups in total. The third-order valence-electron chi connectivity index (χ3n) is 3.64. The van der Waals surface area contributed by atoms with Crippen LogP contribution >= 0.6 is 23.2 Å². The summed E-state index contributed by atoms with van der Waals surface area (Å²) in [5.74, 6) is 0.519. The van der Waals surface area contributed by atoms with Gasteiger partial charge in [-0.3, -0.25) is 0 Å². The summed E-state index contributed by atoms with van der Waals surface area (Å²) in [4.78, 5) is 0. The highest BCUT2D eigenvalue weighted by molar-refractivity contribution is 6.35. The number of rotatable bonds is 5. The number of halogens is 2. The smallest absolute Gasteiger partial charge is 0.0525 e. The molecule has 2 aromatic rings. The lowest BCUT2D eigenvalue weighted by molar-refractivity contribution is 0.749. The molecule has 0 fully saturated rings. The molecule has 0 saturated carbocycles. The molecule has 0 aromatic heterocycles. The van der Waals surface area contributed by atoms with Crippen molar-refractivity contribution in [3.05, 3.63) is 63.6 Å². The molecule has 0 aliphatic carbocycles. The van der Waals surface area contributed by atoms with Gasteiger partial charge in [0.1, 0.15) is 0 Å². The first-order valence-corrected chi connectivity index (χ1v) is 8.08. The Balaban J connectivity index is 2.24. The van der Waals surface area contributed by atoms with Gasteiger partial charge in [-0.2, -0.15) is 0 Å². The van der Waals surface area contributed by atoms with Gasteiger partial charge in [0.15, 0.2) is 0 Å². The molecule has 3 heteroatoms. The number of hydrogen-bond donors (Lipinski definition) is 1. The number of benzene rings is 2. The molecule has 0 aliphatic rings. The van der Waals surface area contributed by atoms with Crippen LogP contribution in [-0.2, 0) is 0 Å². The fourth-order valence-corrected chi connectivity index (χ4v) is 2.91. The van der Waals surface area contributed by atoms with Crippen molar-refractivity contribution < 1.29 is 0 Å². The van der Waals surface area contributed by atoms with Crippen LogP contribution in [0.1, 0.15) is 50.3 Å². The summed E-state index contributed by atoms with van der Waals surface area (Å²) in [6.45, 7) is 6.55. The van der Waals surface area contributed by atoms with E-state index in [1.165, 1.54) is 5.56 Å². The van der Waals surface area contributed by atoms with Crippen LogP contribution in [-0.4, -0.2) is 0 Å². The second-order valence-corrected chi connectivity index (χ2v) is 6.39. The molecule has 21 heavy (non-hydrogen) atoms. The Labute approximate surface area is 137 Å². The normalized spacial score (nSPS) is 12.5. The predicted octanol–water partition coefficient (Wildman–Crippen LogP) is 6.68. The summed E-state index contributed by atoms with van der Waals surface area (Å²) in [5, 5.41) is 4.95. The maximum atomic E-state index is 6.33. The Morgan fingerprint density at radius 2 is 1.81 bits per heavy atom. The van der Waals surface area contributed by atoms with Crippen LogP contribution in [0.15, 0.2) is 42.5 Å². The quantitative estimate of drug-likeness (QED) is 0.647. The highest BCUT2D eigenvalue weighted by Crippen LogP contribution is 2.31. The van der Waals surface area contributed by atoms with E-state index >= 15 is 0 Å². The van der Waals surface area contributed by atoms with Gasteiger partial charge >= 0.3 is 0 Å². The van der Waals surface area contributed by atoms with Crippen molar-refractivity contribution in [2.75, 3.05) is 5.32 Å². The van der Waals surface area contributed by atoms with E-state index in [0.29, 0.717) is 16.0 Å². The topological polar surface area (TPSA) is 12.0 Å². The van der Waals surface area contributed by atoms with Gasteiger partial charge in [0.2, 0.25) is 0 Å². The largest absolute Gasteiger partial charge is 0.378 e. The van der Waals surface area contributed by atoms with Crippen LogP contribution in [0.3, 0.4) is 0 Å². The van der Waals surface area contributed by atoms with Crippen LogP contribution in [0, 0.1) is 0 Å². The average molecular weight is 322 g/mol. The maximum absolute atomic E-state index is 6.33. The van der Waals surface area contributed by atoms with Gasteiger partial charge in [0.25, 0.3) is 0 Å². The van der Waals surface area contributed by atoms with Crippen molar-refractivity contribution in [1.82, 2.24) is 0 Å². The van der Waals surface area contributed by atoms with Crippen LogP contribution < -0.4 is 5.32 Å². The Morgan fingerprint density at radius 1 is 1.05 bits per heavy atom. The lowest BCUT2D eigenvalue weighted by Gasteiger charge is -2.21. The SMILES string of the molecule is CCC(Nc1cccc(C(C)C)c1)c1ccc(Cl)cc1Cl. The standard InChI is InChI=1S/C18H21Cl2N/c1-4-18(16-9-8-14(19)11-17(16)20)21-15-7-5-6-13(10-15)12(2)3/h5-12,18,21H,4H2,1-3H3. The minimum Gasteiger partial charge on any atom is -0.378 e. The van der Waals surface area contributed by atoms with Gasteiger partial charge in [-0.25, -0.2) is 0 Å². The molecule has 1 atom stereocenters. The molecule has 0 radical (unpaired) electrons. The molecular weight excluding hydrogens is 301 g/mol. The molecule has 0 bridgehead atoms. The molecule has 0 saturated heterocycles. The van der Waals surface area contributed by atoms with Gasteiger partial charge < -0.3 is 5.32 Å². The van der Waals surface area contributed by atoms with E-state index < -0.39 is 0 Å². The Hall–Kier alpha value is -1.18. The van der Waals surface area contributed by atoms with E-state index in [1.54, 1.807) is 6.07 Å². The van der Waals surface area contributed by atoms with E-state index in [-0.39, 0.29) is 6.04 Å². The van der Waals surface area contributed by atoms with Crippen molar-refractivity contribution >= 4 is 28.9 Å². The third kappa shape index (κ3) is 4.15. The molecule has 0 amide bonds. The monoisotopic (exact) mass is 321 g/mol. The summed E-state index contributed by atoms with van der Waals surface area (Å²) < 4.78 is 0. The van der Waals surface area contributed by atoms with Crippen LogP contribution in [0.4, 0.5) is 5.69 Å². The fourth-order valence-electron chi connectivity index (χ4n) is 2.37. The summed E-state index contributed by atoms with van der Waals surface area (Å²) >= 11 is 12.3. The summed E-state index contributed by atoms with van der Waals surface area (Å²) in [7, 11) is 0. The fraction of sp³-hybridized carbons (Fsp3) is 0.333. The molecule has 0 aliphatic heterocycles. The highest BCUT2D eigenvalue weighted by atomic mass is 35.5. The van der Waals surface area contributed by atoms with Crippen molar-refractivity contribution in [3.63, 3.8) is 0 Å². The zero-order valence-corrected chi connectivity index (χ0v) is 14.2. The van der Waals surface area contributed by atoms with Gasteiger partial charge in [-0.1, -0.05) is 62.2 Å². The second kappa shape index (κ2) is 7.20. The lowest BCUT2D eigenvalue weighted by Crippen LogP contribution is -2.10. The average Bonchev–Trinajstić information content (AvgIpc) is 2.45. The van der Waals surface area contributed by atoms with E-state index in [4.69, 9.17) is 23.2 Å². The molecule has 0 heterocycles. The van der Waals surface area contributed by atoms with Crippen molar-refractivity contribution in [3.8, 4) is 0 Å². The van der Waals surface area contributed by atoms with Crippen LogP contribution in [0.5, 0.6) is 0 Å². The Kier molecular flexibility index (Phi) is 5.55. The van der Waals surface area contributed by atoms with E-state index in [9.17, 15) is 0 Å². The Bertz CT molecular complexity index is 608. The first kappa shape index (κ1) is 16.2. The molecule has 0 spiro atoms. The molecule has 1 nitrogen and oxygen atoms in total. The van der Waals surface area contributed by atoms with Gasteiger partial charge in [-0.05, 0) is 47.7 Å². The Morgan fingerprint density at radius 3 is 2.43 bits per heavy atom.